The molecule has 6 nitrogen and oxygen atoms in total. The van der Waals surface area contributed by atoms with Gasteiger partial charge in [0.25, 0.3) is 0 Å². The number of hydrogen-bond acceptors (Lipinski definition) is 6. The fraction of sp³-hybridized carbons (Fsp3) is 1.00. The van der Waals surface area contributed by atoms with E-state index in [4.69, 9.17) is 14.9 Å². The van der Waals surface area contributed by atoms with Crippen LogP contribution >= 0.6 is 0 Å². The van der Waals surface area contributed by atoms with Crippen LogP contribution in [0.5, 0.6) is 0 Å². The number of aliphatic hydroxyl groups excluding tert-OH is 2. The Morgan fingerprint density at radius 2 is 1.31 bits per heavy atom. The summed E-state index contributed by atoms with van der Waals surface area (Å²) in [6.45, 7) is 5.79. The zero-order valence-corrected chi connectivity index (χ0v) is 10.0. The molecule has 1 rings (SSSR count). The fourth-order valence-electron chi connectivity index (χ4n) is 1.91. The highest BCUT2D eigenvalue weighted by molar-refractivity contribution is 4.69. The molecule has 0 unspecified atom stereocenters. The van der Waals surface area contributed by atoms with Crippen LogP contribution in [0.2, 0.25) is 0 Å². The Labute approximate surface area is 97.0 Å². The Hall–Kier alpha value is -0.240. The molecule has 0 aromatic carbocycles. The second kappa shape index (κ2) is 7.94. The van der Waals surface area contributed by atoms with Gasteiger partial charge in [0.2, 0.25) is 0 Å². The van der Waals surface area contributed by atoms with E-state index in [-0.39, 0.29) is 13.2 Å². The number of nitrogens with zero attached hydrogens (tertiary/aromatic N) is 3. The van der Waals surface area contributed by atoms with Gasteiger partial charge in [-0.25, -0.2) is 0 Å². The molecule has 0 aromatic heterocycles. The lowest BCUT2D eigenvalue weighted by Gasteiger charge is -2.41. The summed E-state index contributed by atoms with van der Waals surface area (Å²) in [5.74, 6) is 0. The molecule has 2 N–H and O–H groups in total. The Balaban J connectivity index is 2.38. The third-order valence-electron chi connectivity index (χ3n) is 2.64. The van der Waals surface area contributed by atoms with E-state index in [2.05, 4.69) is 14.7 Å². The molecule has 1 fully saturated rings. The maximum absolute atomic E-state index is 8.94. The number of hydrogen-bond donors (Lipinski definition) is 2. The van der Waals surface area contributed by atoms with Crippen LogP contribution < -0.4 is 0 Å². The Morgan fingerprint density at radius 3 is 1.69 bits per heavy atom. The zero-order chi connectivity index (χ0) is 11.8. The molecule has 96 valence electrons. The first-order valence-electron chi connectivity index (χ1n) is 5.68. The van der Waals surface area contributed by atoms with Gasteiger partial charge in [0, 0.05) is 26.7 Å². The van der Waals surface area contributed by atoms with Crippen molar-refractivity contribution < 1.29 is 14.9 Å². The lowest BCUT2D eigenvalue weighted by molar-refractivity contribution is -0.0469. The van der Waals surface area contributed by atoms with Crippen molar-refractivity contribution in [3.63, 3.8) is 0 Å². The first-order valence-corrected chi connectivity index (χ1v) is 5.68. The quantitative estimate of drug-likeness (QED) is 0.553. The highest BCUT2D eigenvalue weighted by atomic mass is 16.5. The molecule has 16 heavy (non-hydrogen) atoms. The summed E-state index contributed by atoms with van der Waals surface area (Å²) in [5, 5.41) is 17.9. The van der Waals surface area contributed by atoms with Crippen LogP contribution in [0, 0.1) is 0 Å². The van der Waals surface area contributed by atoms with Crippen molar-refractivity contribution in [3.05, 3.63) is 0 Å². The summed E-state index contributed by atoms with van der Waals surface area (Å²) in [6, 6.07) is 0. The number of ether oxygens (including phenoxy) is 1. The Kier molecular flexibility index (Phi) is 6.86. The van der Waals surface area contributed by atoms with Crippen LogP contribution in [0.1, 0.15) is 0 Å². The molecule has 0 amide bonds. The van der Waals surface area contributed by atoms with Crippen LogP contribution in [0.4, 0.5) is 0 Å². The number of aliphatic hydroxyl groups is 2. The highest BCUT2D eigenvalue weighted by Gasteiger charge is 2.21. The van der Waals surface area contributed by atoms with Crippen molar-refractivity contribution >= 4 is 0 Å². The highest BCUT2D eigenvalue weighted by Crippen LogP contribution is 2.06. The smallest absolute Gasteiger partial charge is 0.0590 e. The van der Waals surface area contributed by atoms with Crippen LogP contribution in [-0.4, -0.2) is 91.5 Å². The van der Waals surface area contributed by atoms with Crippen molar-refractivity contribution in [2.75, 3.05) is 66.6 Å². The topological polar surface area (TPSA) is 59.4 Å². The molecule has 0 atom stereocenters. The minimum Gasteiger partial charge on any atom is -0.395 e. The summed E-state index contributed by atoms with van der Waals surface area (Å²) in [4.78, 5) is 6.57. The molecule has 0 saturated carbocycles. The summed E-state index contributed by atoms with van der Waals surface area (Å²) in [6.07, 6.45) is 0. The number of rotatable bonds is 7. The van der Waals surface area contributed by atoms with Gasteiger partial charge >= 0.3 is 0 Å². The average Bonchev–Trinajstić information content (AvgIpc) is 2.27. The largest absolute Gasteiger partial charge is 0.395 e. The summed E-state index contributed by atoms with van der Waals surface area (Å²) in [7, 11) is 1.70. The predicted octanol–water partition coefficient (Wildman–Crippen LogP) is -1.59. The van der Waals surface area contributed by atoms with Crippen molar-refractivity contribution in [3.8, 4) is 0 Å². The van der Waals surface area contributed by atoms with Crippen molar-refractivity contribution in [1.82, 2.24) is 14.7 Å². The van der Waals surface area contributed by atoms with Gasteiger partial charge in [-0.05, 0) is 0 Å². The van der Waals surface area contributed by atoms with Gasteiger partial charge in [0.1, 0.15) is 0 Å². The van der Waals surface area contributed by atoms with Crippen LogP contribution in [0.3, 0.4) is 0 Å². The van der Waals surface area contributed by atoms with Crippen LogP contribution in [0.15, 0.2) is 0 Å². The van der Waals surface area contributed by atoms with Crippen molar-refractivity contribution in [2.45, 2.75) is 0 Å². The summed E-state index contributed by atoms with van der Waals surface area (Å²) < 4.78 is 5.06. The van der Waals surface area contributed by atoms with Gasteiger partial charge in [-0.1, -0.05) is 0 Å². The van der Waals surface area contributed by atoms with Crippen LogP contribution in [-0.2, 0) is 4.74 Å². The summed E-state index contributed by atoms with van der Waals surface area (Å²) >= 11 is 0. The lowest BCUT2D eigenvalue weighted by Crippen LogP contribution is -2.56. The molecule has 0 radical (unpaired) electrons. The standard InChI is InChI=1S/C10H23N3O3/c1-16-7-4-13-9-11(2-5-14)8-12(10-13)3-6-15/h14-15H,2-10H2,1H3. The van der Waals surface area contributed by atoms with Crippen LogP contribution in [0.25, 0.3) is 0 Å². The Bertz CT molecular complexity index is 169. The Morgan fingerprint density at radius 1 is 0.875 bits per heavy atom. The zero-order valence-electron chi connectivity index (χ0n) is 10.0. The SMILES string of the molecule is COCCN1CN(CCO)CN(CCO)C1. The van der Waals surface area contributed by atoms with E-state index in [1.54, 1.807) is 7.11 Å². The van der Waals surface area contributed by atoms with E-state index in [0.29, 0.717) is 19.7 Å². The second-order valence-electron chi connectivity index (χ2n) is 4.05. The molecule has 1 aliphatic rings. The monoisotopic (exact) mass is 233 g/mol. The first-order chi connectivity index (χ1) is 7.80. The van der Waals surface area contributed by atoms with Gasteiger partial charge in [0.15, 0.2) is 0 Å². The molecular weight excluding hydrogens is 210 g/mol. The van der Waals surface area contributed by atoms with E-state index in [9.17, 15) is 0 Å². The maximum Gasteiger partial charge on any atom is 0.0590 e. The molecule has 0 bridgehead atoms. The fourth-order valence-corrected chi connectivity index (χ4v) is 1.91. The molecule has 1 heterocycles. The van der Waals surface area contributed by atoms with Gasteiger partial charge in [-0.2, -0.15) is 0 Å². The van der Waals surface area contributed by atoms with E-state index in [1.165, 1.54) is 0 Å². The summed E-state index contributed by atoms with van der Waals surface area (Å²) in [5.41, 5.74) is 0. The molecule has 0 spiro atoms. The van der Waals surface area contributed by atoms with Gasteiger partial charge < -0.3 is 14.9 Å². The molecule has 0 aliphatic carbocycles. The molecule has 6 heteroatoms. The lowest BCUT2D eigenvalue weighted by atomic mass is 10.4. The normalized spacial score (nSPS) is 20.4. The van der Waals surface area contributed by atoms with E-state index in [0.717, 1.165) is 26.6 Å². The molecule has 0 aromatic rings. The van der Waals surface area contributed by atoms with E-state index >= 15 is 0 Å². The second-order valence-corrected chi connectivity index (χ2v) is 4.05. The third kappa shape index (κ3) is 4.73. The maximum atomic E-state index is 8.94. The van der Waals surface area contributed by atoms with Crippen molar-refractivity contribution in [1.29, 1.82) is 0 Å². The minimum absolute atomic E-state index is 0.172. The van der Waals surface area contributed by atoms with Crippen molar-refractivity contribution in [2.24, 2.45) is 0 Å². The average molecular weight is 233 g/mol. The van der Waals surface area contributed by atoms with Gasteiger partial charge in [-0.3, -0.25) is 14.7 Å². The molecule has 1 saturated heterocycles. The molecular formula is C10H23N3O3. The predicted molar refractivity (Wildman–Crippen MR) is 60.8 cm³/mol. The third-order valence-corrected chi connectivity index (χ3v) is 2.64. The minimum atomic E-state index is 0.172. The van der Waals surface area contributed by atoms with Gasteiger partial charge in [-0.15, -0.1) is 0 Å². The molecule has 1 aliphatic heterocycles. The first kappa shape index (κ1) is 13.8. The van der Waals surface area contributed by atoms with E-state index < -0.39 is 0 Å². The van der Waals surface area contributed by atoms with E-state index in [1.807, 2.05) is 0 Å². The number of methoxy groups -OCH3 is 1. The van der Waals surface area contributed by atoms with Gasteiger partial charge in [0.05, 0.1) is 39.8 Å². The number of β-amino-alcohol motifs (C(OH)–C–C–N with tert-alkyl or cyclic N) is 2.